The van der Waals surface area contributed by atoms with Gasteiger partial charge in [-0.1, -0.05) is 0 Å². The topological polar surface area (TPSA) is 90.6 Å². The van der Waals surface area contributed by atoms with Crippen molar-refractivity contribution in [3.8, 4) is 5.88 Å². The number of aromatic nitrogens is 3. The molecule has 1 fully saturated rings. The zero-order valence-corrected chi connectivity index (χ0v) is 14.7. The van der Waals surface area contributed by atoms with E-state index < -0.39 is 0 Å². The fraction of sp³-hybridized carbons (Fsp3) is 0.529. The molecule has 1 amide bonds. The minimum absolute atomic E-state index is 0.0613. The van der Waals surface area contributed by atoms with Crippen molar-refractivity contribution in [1.29, 1.82) is 0 Å². The molecule has 0 spiro atoms. The second kappa shape index (κ2) is 7.60. The summed E-state index contributed by atoms with van der Waals surface area (Å²) in [6, 6.07) is 3.61. The van der Waals surface area contributed by atoms with Crippen LogP contribution >= 0.6 is 0 Å². The molecule has 1 atom stereocenters. The van der Waals surface area contributed by atoms with E-state index in [-0.39, 0.29) is 12.0 Å². The van der Waals surface area contributed by atoms with Crippen molar-refractivity contribution in [2.45, 2.75) is 32.8 Å². The first-order valence-electron chi connectivity index (χ1n) is 8.26. The van der Waals surface area contributed by atoms with Gasteiger partial charge in [0.05, 0.1) is 26.0 Å². The van der Waals surface area contributed by atoms with E-state index in [1.54, 1.807) is 6.07 Å². The molecule has 0 N–H and O–H groups in total. The third-order valence-electron chi connectivity index (χ3n) is 4.07. The number of hydrogen-bond donors (Lipinski definition) is 0. The lowest BCUT2D eigenvalue weighted by Gasteiger charge is -2.32. The monoisotopic (exact) mass is 346 g/mol. The molecule has 0 saturated carbocycles. The second-order valence-electron chi connectivity index (χ2n) is 6.02. The lowest BCUT2D eigenvalue weighted by atomic mass is 10.1. The van der Waals surface area contributed by atoms with Gasteiger partial charge < -0.3 is 18.9 Å². The number of hydrogen-bond acceptors (Lipinski definition) is 7. The first-order valence-corrected chi connectivity index (χ1v) is 8.26. The van der Waals surface area contributed by atoms with E-state index in [1.165, 1.54) is 7.11 Å². The van der Waals surface area contributed by atoms with Crippen LogP contribution in [0.1, 0.15) is 35.5 Å². The van der Waals surface area contributed by atoms with Crippen molar-refractivity contribution in [1.82, 2.24) is 20.0 Å². The first kappa shape index (κ1) is 17.3. The molecule has 8 heteroatoms. The number of ether oxygens (including phenoxy) is 2. The Bertz CT molecular complexity index is 726. The highest BCUT2D eigenvalue weighted by molar-refractivity contribution is 5.76. The van der Waals surface area contributed by atoms with Crippen LogP contribution in [0.3, 0.4) is 0 Å². The van der Waals surface area contributed by atoms with Crippen molar-refractivity contribution in [3.05, 3.63) is 35.1 Å². The third kappa shape index (κ3) is 4.33. The maximum atomic E-state index is 12.5. The Morgan fingerprint density at radius 3 is 2.92 bits per heavy atom. The maximum Gasteiger partial charge on any atom is 0.254 e. The molecule has 0 bridgehead atoms. The summed E-state index contributed by atoms with van der Waals surface area (Å²) in [5, 5.41) is 3.74. The minimum Gasteiger partial charge on any atom is -0.479 e. The molecule has 3 rings (SSSR count). The molecule has 25 heavy (non-hydrogen) atoms. The van der Waals surface area contributed by atoms with Gasteiger partial charge in [-0.05, 0) is 25.1 Å². The van der Waals surface area contributed by atoms with Gasteiger partial charge in [-0.2, -0.15) is 0 Å². The number of morpholine rings is 1. The van der Waals surface area contributed by atoms with E-state index in [0.717, 1.165) is 11.4 Å². The van der Waals surface area contributed by atoms with Gasteiger partial charge in [0.25, 0.3) is 5.88 Å². The molecule has 1 unspecified atom stereocenters. The van der Waals surface area contributed by atoms with Gasteiger partial charge in [0.1, 0.15) is 17.7 Å². The zero-order chi connectivity index (χ0) is 17.8. The molecule has 1 saturated heterocycles. The standard InChI is InChI=1S/C17H22N4O4/c1-11-8-14(19-12(2)18-11)15-10-21(6-7-24-15)17(22)5-4-13-9-16(23-3)20-25-13/h8-9,15H,4-7,10H2,1-3H3. The van der Waals surface area contributed by atoms with Gasteiger partial charge in [-0.25, -0.2) is 9.97 Å². The van der Waals surface area contributed by atoms with E-state index in [9.17, 15) is 4.79 Å². The van der Waals surface area contributed by atoms with Crippen LogP contribution in [0.25, 0.3) is 0 Å². The van der Waals surface area contributed by atoms with Gasteiger partial charge in [-0.3, -0.25) is 4.79 Å². The molecule has 1 aliphatic rings. The molecule has 0 radical (unpaired) electrons. The van der Waals surface area contributed by atoms with Crippen LogP contribution in [0.4, 0.5) is 0 Å². The molecule has 1 aliphatic heterocycles. The van der Waals surface area contributed by atoms with E-state index in [1.807, 2.05) is 24.8 Å². The Morgan fingerprint density at radius 1 is 1.36 bits per heavy atom. The average Bonchev–Trinajstić information content (AvgIpc) is 3.07. The zero-order valence-electron chi connectivity index (χ0n) is 14.7. The summed E-state index contributed by atoms with van der Waals surface area (Å²) in [5.41, 5.74) is 1.72. The lowest BCUT2D eigenvalue weighted by molar-refractivity contribution is -0.139. The van der Waals surface area contributed by atoms with Crippen molar-refractivity contribution >= 4 is 5.91 Å². The fourth-order valence-corrected chi connectivity index (χ4v) is 2.86. The van der Waals surface area contributed by atoms with Crippen LogP contribution in [0.2, 0.25) is 0 Å². The number of methoxy groups -OCH3 is 1. The highest BCUT2D eigenvalue weighted by Crippen LogP contribution is 2.22. The number of aryl methyl sites for hydroxylation is 3. The largest absolute Gasteiger partial charge is 0.479 e. The van der Waals surface area contributed by atoms with E-state index >= 15 is 0 Å². The van der Waals surface area contributed by atoms with Crippen LogP contribution in [0.15, 0.2) is 16.7 Å². The quantitative estimate of drug-likeness (QED) is 0.812. The molecule has 2 aromatic heterocycles. The normalized spacial score (nSPS) is 17.6. The number of nitrogens with zero attached hydrogens (tertiary/aromatic N) is 4. The molecule has 2 aromatic rings. The van der Waals surface area contributed by atoms with E-state index in [2.05, 4.69) is 15.1 Å². The molecule has 0 aromatic carbocycles. The van der Waals surface area contributed by atoms with Gasteiger partial charge in [0.2, 0.25) is 5.91 Å². The van der Waals surface area contributed by atoms with Gasteiger partial charge in [-0.15, -0.1) is 0 Å². The Hall–Kier alpha value is -2.48. The summed E-state index contributed by atoms with van der Waals surface area (Å²) in [5.74, 6) is 1.83. The summed E-state index contributed by atoms with van der Waals surface area (Å²) in [4.78, 5) is 23.0. The number of rotatable bonds is 5. The highest BCUT2D eigenvalue weighted by atomic mass is 16.5. The molecular formula is C17H22N4O4. The van der Waals surface area contributed by atoms with Crippen LogP contribution in [-0.4, -0.2) is 52.7 Å². The van der Waals surface area contributed by atoms with E-state index in [4.69, 9.17) is 14.0 Å². The fourth-order valence-electron chi connectivity index (χ4n) is 2.86. The smallest absolute Gasteiger partial charge is 0.254 e. The first-order chi connectivity index (χ1) is 12.0. The summed E-state index contributed by atoms with van der Waals surface area (Å²) in [6.07, 6.45) is 0.624. The molecule has 8 nitrogen and oxygen atoms in total. The third-order valence-corrected chi connectivity index (χ3v) is 4.07. The van der Waals surface area contributed by atoms with Crippen molar-refractivity contribution in [3.63, 3.8) is 0 Å². The summed E-state index contributed by atoms with van der Waals surface area (Å²) < 4.78 is 15.9. The Balaban J connectivity index is 1.59. The molecule has 134 valence electrons. The van der Waals surface area contributed by atoms with Crippen LogP contribution < -0.4 is 4.74 Å². The van der Waals surface area contributed by atoms with Gasteiger partial charge in [0, 0.05) is 31.1 Å². The predicted octanol–water partition coefficient (Wildman–Crippen LogP) is 1.62. The van der Waals surface area contributed by atoms with Crippen LogP contribution in [0.5, 0.6) is 5.88 Å². The Labute approximate surface area is 146 Å². The number of amides is 1. The van der Waals surface area contributed by atoms with Gasteiger partial charge >= 0.3 is 0 Å². The van der Waals surface area contributed by atoms with Gasteiger partial charge in [0.15, 0.2) is 0 Å². The van der Waals surface area contributed by atoms with Crippen molar-refractivity contribution in [2.75, 3.05) is 26.8 Å². The Morgan fingerprint density at radius 2 is 2.20 bits per heavy atom. The van der Waals surface area contributed by atoms with Crippen molar-refractivity contribution in [2.24, 2.45) is 0 Å². The van der Waals surface area contributed by atoms with Crippen LogP contribution in [0, 0.1) is 13.8 Å². The lowest BCUT2D eigenvalue weighted by Crippen LogP contribution is -2.42. The van der Waals surface area contributed by atoms with Crippen LogP contribution in [-0.2, 0) is 16.0 Å². The van der Waals surface area contributed by atoms with Crippen molar-refractivity contribution < 1.29 is 18.8 Å². The summed E-state index contributed by atoms with van der Waals surface area (Å²) in [6.45, 7) is 5.35. The molecular weight excluding hydrogens is 324 g/mol. The number of carbonyl (C=O) groups excluding carboxylic acids is 1. The number of carbonyl (C=O) groups is 1. The Kier molecular flexibility index (Phi) is 5.28. The average molecular weight is 346 g/mol. The SMILES string of the molecule is COc1cc(CCC(=O)N2CCOC(c3cc(C)nc(C)n3)C2)on1. The summed E-state index contributed by atoms with van der Waals surface area (Å²) >= 11 is 0. The highest BCUT2D eigenvalue weighted by Gasteiger charge is 2.26. The molecule has 3 heterocycles. The summed E-state index contributed by atoms with van der Waals surface area (Å²) in [7, 11) is 1.53. The second-order valence-corrected chi connectivity index (χ2v) is 6.02. The molecule has 0 aliphatic carbocycles. The maximum absolute atomic E-state index is 12.5. The van der Waals surface area contributed by atoms with E-state index in [0.29, 0.717) is 50.0 Å². The predicted molar refractivity (Wildman–Crippen MR) is 88.2 cm³/mol. The minimum atomic E-state index is -0.219.